The Kier molecular flexibility index (Phi) is 4.05. The molecule has 0 bridgehead atoms. The Morgan fingerprint density at radius 1 is 1.55 bits per heavy atom. The second-order valence-corrected chi connectivity index (χ2v) is 6.49. The Bertz CT molecular complexity index is 477. The van der Waals surface area contributed by atoms with Crippen molar-refractivity contribution in [3.8, 4) is 0 Å². The normalized spacial score (nSPS) is 25.6. The molecule has 2 fully saturated rings. The van der Waals surface area contributed by atoms with Crippen LogP contribution >= 0.6 is 11.3 Å². The number of nitrogens with one attached hydrogen (secondary N) is 2. The van der Waals surface area contributed by atoms with Crippen LogP contribution in [0.4, 0.5) is 0 Å². The number of thiazole rings is 1. The largest absolute Gasteiger partial charge is 0.366 e. The Morgan fingerprint density at radius 2 is 2.35 bits per heavy atom. The highest BCUT2D eigenvalue weighted by atomic mass is 32.1. The Labute approximate surface area is 123 Å². The van der Waals surface area contributed by atoms with Crippen LogP contribution in [0.1, 0.15) is 36.4 Å². The van der Waals surface area contributed by atoms with Gasteiger partial charge < -0.3 is 15.4 Å². The minimum atomic E-state index is -0.373. The van der Waals surface area contributed by atoms with Gasteiger partial charge in [0.1, 0.15) is 11.1 Å². The second kappa shape index (κ2) is 5.79. The maximum absolute atomic E-state index is 12.4. The van der Waals surface area contributed by atoms with Crippen molar-refractivity contribution in [2.45, 2.75) is 44.2 Å². The Morgan fingerprint density at radius 3 is 2.95 bits per heavy atom. The zero-order chi connectivity index (χ0) is 14.0. The van der Waals surface area contributed by atoms with Crippen LogP contribution in [-0.4, -0.2) is 36.7 Å². The number of morpholine rings is 1. The molecule has 2 N–H and O–H groups in total. The molecular formula is C14H21N3O2S. The van der Waals surface area contributed by atoms with Crippen LogP contribution < -0.4 is 10.6 Å². The first-order valence-electron chi connectivity index (χ1n) is 7.27. The van der Waals surface area contributed by atoms with Crippen LogP contribution in [0.5, 0.6) is 0 Å². The van der Waals surface area contributed by atoms with Gasteiger partial charge in [-0.2, -0.15) is 0 Å². The van der Waals surface area contributed by atoms with Gasteiger partial charge in [0.15, 0.2) is 0 Å². The quantitative estimate of drug-likeness (QED) is 0.883. The van der Waals surface area contributed by atoms with E-state index in [1.54, 1.807) is 11.3 Å². The SMILES string of the molecule is Cc1csc(C2(NC(=O)C3CNCCO3)CCCC2)n1. The molecular weight excluding hydrogens is 274 g/mol. The fourth-order valence-corrected chi connectivity index (χ4v) is 4.01. The maximum atomic E-state index is 12.4. The smallest absolute Gasteiger partial charge is 0.251 e. The van der Waals surface area contributed by atoms with Gasteiger partial charge in [0.05, 0.1) is 12.1 Å². The summed E-state index contributed by atoms with van der Waals surface area (Å²) in [6.07, 6.45) is 3.87. The van der Waals surface area contributed by atoms with Crippen molar-refractivity contribution in [2.24, 2.45) is 0 Å². The molecule has 1 aromatic rings. The van der Waals surface area contributed by atoms with Crippen LogP contribution in [-0.2, 0) is 15.1 Å². The van der Waals surface area contributed by atoms with Gasteiger partial charge in [-0.05, 0) is 19.8 Å². The average molecular weight is 295 g/mol. The highest BCUT2D eigenvalue weighted by Crippen LogP contribution is 2.40. The van der Waals surface area contributed by atoms with Gasteiger partial charge in [0.25, 0.3) is 5.91 Å². The molecule has 1 aromatic heterocycles. The molecule has 1 saturated heterocycles. The van der Waals surface area contributed by atoms with Crippen LogP contribution in [0, 0.1) is 6.92 Å². The number of nitrogens with zero attached hydrogens (tertiary/aromatic N) is 1. The average Bonchev–Trinajstić information content (AvgIpc) is 3.10. The van der Waals surface area contributed by atoms with Gasteiger partial charge in [-0.1, -0.05) is 12.8 Å². The number of carbonyl (C=O) groups excluding carboxylic acids is 1. The molecule has 5 nitrogen and oxygen atoms in total. The predicted molar refractivity (Wildman–Crippen MR) is 77.7 cm³/mol. The molecule has 3 rings (SSSR count). The molecule has 2 aliphatic rings. The van der Waals surface area contributed by atoms with E-state index in [4.69, 9.17) is 4.74 Å². The zero-order valence-corrected chi connectivity index (χ0v) is 12.6. The lowest BCUT2D eigenvalue weighted by atomic mass is 9.98. The van der Waals surface area contributed by atoms with Crippen molar-refractivity contribution < 1.29 is 9.53 Å². The summed E-state index contributed by atoms with van der Waals surface area (Å²) in [6, 6.07) is 0. The summed E-state index contributed by atoms with van der Waals surface area (Å²) in [5, 5.41) is 9.54. The second-order valence-electron chi connectivity index (χ2n) is 5.64. The summed E-state index contributed by atoms with van der Waals surface area (Å²) >= 11 is 1.65. The zero-order valence-electron chi connectivity index (χ0n) is 11.8. The van der Waals surface area contributed by atoms with Crippen molar-refractivity contribution in [1.82, 2.24) is 15.6 Å². The third-order valence-corrected chi connectivity index (χ3v) is 5.23. The van der Waals surface area contributed by atoms with E-state index < -0.39 is 0 Å². The minimum absolute atomic E-state index is 0.00745. The van der Waals surface area contributed by atoms with E-state index in [1.165, 1.54) is 0 Å². The van der Waals surface area contributed by atoms with E-state index in [0.717, 1.165) is 42.9 Å². The number of hydrogen-bond donors (Lipinski definition) is 2. The Balaban J connectivity index is 1.75. The monoisotopic (exact) mass is 295 g/mol. The lowest BCUT2D eigenvalue weighted by Crippen LogP contribution is -2.53. The fourth-order valence-electron chi connectivity index (χ4n) is 2.99. The molecule has 6 heteroatoms. The molecule has 1 saturated carbocycles. The van der Waals surface area contributed by atoms with Crippen molar-refractivity contribution in [3.05, 3.63) is 16.1 Å². The number of hydrogen-bond acceptors (Lipinski definition) is 5. The molecule has 1 unspecified atom stereocenters. The van der Waals surface area contributed by atoms with Gasteiger partial charge >= 0.3 is 0 Å². The lowest BCUT2D eigenvalue weighted by Gasteiger charge is -2.31. The topological polar surface area (TPSA) is 63.2 Å². The Hall–Kier alpha value is -0.980. The van der Waals surface area contributed by atoms with Crippen LogP contribution in [0.2, 0.25) is 0 Å². The summed E-state index contributed by atoms with van der Waals surface area (Å²) in [5.74, 6) is -0.00745. The van der Waals surface area contributed by atoms with Gasteiger partial charge in [-0.3, -0.25) is 4.79 Å². The first-order valence-corrected chi connectivity index (χ1v) is 8.15. The molecule has 1 aliphatic heterocycles. The number of aryl methyl sites for hydroxylation is 1. The lowest BCUT2D eigenvalue weighted by molar-refractivity contribution is -0.136. The van der Waals surface area contributed by atoms with Gasteiger partial charge in [0, 0.05) is 24.2 Å². The molecule has 0 radical (unpaired) electrons. The molecule has 1 aliphatic carbocycles. The predicted octanol–water partition coefficient (Wildman–Crippen LogP) is 1.33. The number of rotatable bonds is 3. The van der Waals surface area contributed by atoms with Gasteiger partial charge in [-0.15, -0.1) is 11.3 Å². The van der Waals surface area contributed by atoms with Crippen LogP contribution in [0.25, 0.3) is 0 Å². The summed E-state index contributed by atoms with van der Waals surface area (Å²) in [5.41, 5.74) is 0.762. The molecule has 0 spiro atoms. The molecule has 20 heavy (non-hydrogen) atoms. The highest BCUT2D eigenvalue weighted by Gasteiger charge is 2.41. The van der Waals surface area contributed by atoms with Gasteiger partial charge in [0.2, 0.25) is 0 Å². The highest BCUT2D eigenvalue weighted by molar-refractivity contribution is 7.09. The minimum Gasteiger partial charge on any atom is -0.366 e. The molecule has 1 amide bonds. The maximum Gasteiger partial charge on any atom is 0.251 e. The van der Waals surface area contributed by atoms with Crippen molar-refractivity contribution in [2.75, 3.05) is 19.7 Å². The molecule has 0 aromatic carbocycles. The standard InChI is InChI=1S/C14H21N3O2S/c1-10-9-20-13(16-10)14(4-2-3-5-14)17-12(18)11-8-15-6-7-19-11/h9,11,15H,2-8H2,1H3,(H,17,18). The van der Waals surface area contributed by atoms with E-state index in [9.17, 15) is 4.79 Å². The van der Waals surface area contributed by atoms with E-state index >= 15 is 0 Å². The summed E-state index contributed by atoms with van der Waals surface area (Å²) < 4.78 is 5.54. The number of amides is 1. The van der Waals surface area contributed by atoms with Crippen LogP contribution in [0.3, 0.4) is 0 Å². The number of carbonyl (C=O) groups is 1. The van der Waals surface area contributed by atoms with Crippen molar-refractivity contribution >= 4 is 17.2 Å². The summed E-state index contributed by atoms with van der Waals surface area (Å²) in [6.45, 7) is 4.01. The van der Waals surface area contributed by atoms with Crippen LogP contribution in [0.15, 0.2) is 5.38 Å². The third kappa shape index (κ3) is 2.73. The first kappa shape index (κ1) is 14.0. The third-order valence-electron chi connectivity index (χ3n) is 4.07. The number of aromatic nitrogens is 1. The van der Waals surface area contributed by atoms with Crippen molar-refractivity contribution in [3.63, 3.8) is 0 Å². The summed E-state index contributed by atoms with van der Waals surface area (Å²) in [7, 11) is 0. The van der Waals surface area contributed by atoms with E-state index in [1.807, 2.05) is 6.92 Å². The number of ether oxygens (including phenoxy) is 1. The molecule has 2 heterocycles. The van der Waals surface area contributed by atoms with Gasteiger partial charge in [-0.25, -0.2) is 4.98 Å². The molecule has 1 atom stereocenters. The van der Waals surface area contributed by atoms with Crippen molar-refractivity contribution in [1.29, 1.82) is 0 Å². The van der Waals surface area contributed by atoms with E-state index in [-0.39, 0.29) is 17.6 Å². The summed E-state index contributed by atoms with van der Waals surface area (Å²) in [4.78, 5) is 17.1. The van der Waals surface area contributed by atoms with E-state index in [0.29, 0.717) is 13.2 Å². The first-order chi connectivity index (χ1) is 9.70. The van der Waals surface area contributed by atoms with E-state index in [2.05, 4.69) is 21.0 Å². The fraction of sp³-hybridized carbons (Fsp3) is 0.714. The molecule has 110 valence electrons.